The van der Waals surface area contributed by atoms with E-state index in [2.05, 4.69) is 10.6 Å². The molecule has 0 bridgehead atoms. The summed E-state index contributed by atoms with van der Waals surface area (Å²) < 4.78 is 5.25. The molecule has 0 aromatic heterocycles. The quantitative estimate of drug-likeness (QED) is 0.761. The number of nitrogens with one attached hydrogen (secondary N) is 2. The van der Waals surface area contributed by atoms with Crippen molar-refractivity contribution in [1.29, 1.82) is 0 Å². The van der Waals surface area contributed by atoms with Crippen molar-refractivity contribution in [2.75, 3.05) is 12.4 Å². The largest absolute Gasteiger partial charge is 0.496 e. The first-order valence-corrected chi connectivity index (χ1v) is 8.32. The van der Waals surface area contributed by atoms with Gasteiger partial charge in [-0.15, -0.1) is 0 Å². The predicted molar refractivity (Wildman–Crippen MR) is 98.6 cm³/mol. The normalized spacial score (nSPS) is 10.2. The van der Waals surface area contributed by atoms with E-state index in [1.165, 1.54) is 0 Å². The van der Waals surface area contributed by atoms with Crippen molar-refractivity contribution in [3.05, 3.63) is 59.2 Å². The molecular formula is C20H24N2O3. The van der Waals surface area contributed by atoms with Gasteiger partial charge in [-0.05, 0) is 30.5 Å². The van der Waals surface area contributed by atoms with Gasteiger partial charge < -0.3 is 15.4 Å². The van der Waals surface area contributed by atoms with Crippen LogP contribution in [0.5, 0.6) is 5.75 Å². The molecule has 0 unspecified atom stereocenters. The summed E-state index contributed by atoms with van der Waals surface area (Å²) in [6, 6.07) is 13.3. The van der Waals surface area contributed by atoms with E-state index in [-0.39, 0.29) is 18.2 Å². The summed E-state index contributed by atoms with van der Waals surface area (Å²) in [4.78, 5) is 24.2. The molecule has 0 aliphatic heterocycles. The second-order valence-electron chi connectivity index (χ2n) is 5.78. The molecule has 5 heteroatoms. The van der Waals surface area contributed by atoms with Crippen molar-refractivity contribution in [2.24, 2.45) is 0 Å². The minimum absolute atomic E-state index is 0.216. The van der Waals surface area contributed by atoms with Gasteiger partial charge in [0.15, 0.2) is 0 Å². The summed E-state index contributed by atoms with van der Waals surface area (Å²) >= 11 is 0. The third kappa shape index (κ3) is 5.08. The third-order valence-electron chi connectivity index (χ3n) is 3.99. The first kappa shape index (κ1) is 18.5. The van der Waals surface area contributed by atoms with Crippen LogP contribution in [0.1, 0.15) is 30.0 Å². The summed E-state index contributed by atoms with van der Waals surface area (Å²) in [6.45, 7) is 4.29. The molecular weight excluding hydrogens is 316 g/mol. The van der Waals surface area contributed by atoms with Gasteiger partial charge in [-0.3, -0.25) is 9.59 Å². The fraction of sp³-hybridized carbons (Fsp3) is 0.300. The first-order valence-electron chi connectivity index (χ1n) is 8.32. The van der Waals surface area contributed by atoms with E-state index in [4.69, 9.17) is 4.74 Å². The number of amides is 2. The van der Waals surface area contributed by atoms with Crippen molar-refractivity contribution in [3.63, 3.8) is 0 Å². The Morgan fingerprint density at radius 1 is 1.00 bits per heavy atom. The summed E-state index contributed by atoms with van der Waals surface area (Å²) in [7, 11) is 1.58. The van der Waals surface area contributed by atoms with Gasteiger partial charge in [0.05, 0.1) is 7.11 Å². The Bertz CT molecular complexity index is 756. The Balaban J connectivity index is 1.92. The molecule has 0 fully saturated rings. The van der Waals surface area contributed by atoms with Crippen LogP contribution in [0.25, 0.3) is 0 Å². The molecule has 5 nitrogen and oxygen atoms in total. The lowest BCUT2D eigenvalue weighted by atomic mass is 10.1. The minimum Gasteiger partial charge on any atom is -0.496 e. The fourth-order valence-electron chi connectivity index (χ4n) is 2.64. The number of aryl methyl sites for hydroxylation is 2. The van der Waals surface area contributed by atoms with Crippen LogP contribution in [0.4, 0.5) is 5.69 Å². The van der Waals surface area contributed by atoms with Gasteiger partial charge in [0.25, 0.3) is 0 Å². The van der Waals surface area contributed by atoms with E-state index >= 15 is 0 Å². The number of ether oxygens (including phenoxy) is 1. The highest BCUT2D eigenvalue weighted by Crippen LogP contribution is 2.21. The van der Waals surface area contributed by atoms with Gasteiger partial charge in [0, 0.05) is 17.8 Å². The van der Waals surface area contributed by atoms with Crippen LogP contribution in [0.3, 0.4) is 0 Å². The van der Waals surface area contributed by atoms with Crippen molar-refractivity contribution in [3.8, 4) is 5.75 Å². The van der Waals surface area contributed by atoms with E-state index in [1.54, 1.807) is 7.11 Å². The number of hydrogen-bond acceptors (Lipinski definition) is 3. The second kappa shape index (κ2) is 8.87. The van der Waals surface area contributed by atoms with Crippen LogP contribution in [-0.2, 0) is 22.6 Å². The summed E-state index contributed by atoms with van der Waals surface area (Å²) in [5.74, 6) is 0.0660. The maximum absolute atomic E-state index is 12.2. The molecule has 25 heavy (non-hydrogen) atoms. The second-order valence-corrected chi connectivity index (χ2v) is 5.78. The molecule has 0 aliphatic rings. The van der Waals surface area contributed by atoms with E-state index in [1.807, 2.05) is 56.3 Å². The molecule has 2 rings (SSSR count). The van der Waals surface area contributed by atoms with Crippen LogP contribution < -0.4 is 15.4 Å². The average molecular weight is 340 g/mol. The molecule has 0 atom stereocenters. The summed E-state index contributed by atoms with van der Waals surface area (Å²) in [5, 5.41) is 5.61. The first-order chi connectivity index (χ1) is 12.0. The third-order valence-corrected chi connectivity index (χ3v) is 3.99. The highest BCUT2D eigenvalue weighted by Gasteiger charge is 2.13. The molecule has 0 aliphatic carbocycles. The zero-order chi connectivity index (χ0) is 18.2. The molecule has 2 N–H and O–H groups in total. The van der Waals surface area contributed by atoms with Crippen molar-refractivity contribution >= 4 is 17.5 Å². The Morgan fingerprint density at radius 3 is 2.44 bits per heavy atom. The Labute approximate surface area is 148 Å². The van der Waals surface area contributed by atoms with Crippen LogP contribution >= 0.6 is 0 Å². The monoisotopic (exact) mass is 340 g/mol. The van der Waals surface area contributed by atoms with Gasteiger partial charge >= 0.3 is 0 Å². The number of methoxy groups -OCH3 is 1. The molecule has 0 spiro atoms. The Morgan fingerprint density at radius 2 is 1.72 bits per heavy atom. The predicted octanol–water partition coefficient (Wildman–Crippen LogP) is 3.21. The number of para-hydroxylation sites is 2. The maximum Gasteiger partial charge on any atom is 0.233 e. The van der Waals surface area contributed by atoms with Gasteiger partial charge in [-0.1, -0.05) is 43.3 Å². The van der Waals surface area contributed by atoms with Gasteiger partial charge in [0.2, 0.25) is 11.8 Å². The lowest BCUT2D eigenvalue weighted by Crippen LogP contribution is -2.28. The van der Waals surface area contributed by atoms with E-state index in [9.17, 15) is 9.59 Å². The Hall–Kier alpha value is -2.82. The van der Waals surface area contributed by atoms with Gasteiger partial charge in [-0.25, -0.2) is 0 Å². The highest BCUT2D eigenvalue weighted by molar-refractivity contribution is 6.04. The molecule has 0 radical (unpaired) electrons. The number of carbonyl (C=O) groups excluding carboxylic acids is 2. The maximum atomic E-state index is 12.2. The molecule has 2 amide bonds. The van der Waals surface area contributed by atoms with Crippen LogP contribution in [0.15, 0.2) is 42.5 Å². The van der Waals surface area contributed by atoms with Crippen molar-refractivity contribution in [2.45, 2.75) is 33.2 Å². The molecule has 0 saturated carbocycles. The number of anilines is 1. The number of hydrogen-bond donors (Lipinski definition) is 2. The van der Waals surface area contributed by atoms with E-state index < -0.39 is 0 Å². The number of benzene rings is 2. The van der Waals surface area contributed by atoms with Crippen LogP contribution in [-0.4, -0.2) is 18.9 Å². The standard InChI is InChI=1S/C20H24N2O3/c1-4-15-10-7-8-14(2)20(15)22-19(24)12-18(23)21-13-16-9-5-6-11-17(16)25-3/h5-11H,4,12-13H2,1-3H3,(H,21,23)(H,22,24). The summed E-state index contributed by atoms with van der Waals surface area (Å²) in [6.07, 6.45) is 0.601. The fourth-order valence-corrected chi connectivity index (χ4v) is 2.64. The van der Waals surface area contributed by atoms with E-state index in [0.717, 1.165) is 28.8 Å². The molecule has 0 heterocycles. The molecule has 0 saturated heterocycles. The Kier molecular flexibility index (Phi) is 6.57. The van der Waals surface area contributed by atoms with Crippen molar-refractivity contribution in [1.82, 2.24) is 5.32 Å². The van der Waals surface area contributed by atoms with E-state index in [0.29, 0.717) is 12.3 Å². The van der Waals surface area contributed by atoms with Crippen LogP contribution in [0.2, 0.25) is 0 Å². The van der Waals surface area contributed by atoms with Gasteiger partial charge in [-0.2, -0.15) is 0 Å². The minimum atomic E-state index is -0.324. The lowest BCUT2D eigenvalue weighted by molar-refractivity contribution is -0.126. The van der Waals surface area contributed by atoms with Gasteiger partial charge in [0.1, 0.15) is 12.2 Å². The summed E-state index contributed by atoms with van der Waals surface area (Å²) in [5.41, 5.74) is 3.71. The zero-order valence-corrected chi connectivity index (χ0v) is 14.9. The molecule has 2 aromatic rings. The van der Waals surface area contributed by atoms with Crippen molar-refractivity contribution < 1.29 is 14.3 Å². The number of carbonyl (C=O) groups is 2. The highest BCUT2D eigenvalue weighted by atomic mass is 16.5. The zero-order valence-electron chi connectivity index (χ0n) is 14.9. The lowest BCUT2D eigenvalue weighted by Gasteiger charge is -2.13. The smallest absolute Gasteiger partial charge is 0.233 e. The number of rotatable bonds is 7. The SMILES string of the molecule is CCc1cccc(C)c1NC(=O)CC(=O)NCc1ccccc1OC. The van der Waals surface area contributed by atoms with Crippen LogP contribution in [0, 0.1) is 6.92 Å². The average Bonchev–Trinajstić information content (AvgIpc) is 2.61. The molecule has 132 valence electrons. The topological polar surface area (TPSA) is 67.4 Å². The molecule has 2 aromatic carbocycles.